The van der Waals surface area contributed by atoms with Crippen LogP contribution in [-0.4, -0.2) is 53.4 Å². The summed E-state index contributed by atoms with van der Waals surface area (Å²) in [5.74, 6) is 0.655. The van der Waals surface area contributed by atoms with Gasteiger partial charge in [0.05, 0.1) is 6.20 Å². The van der Waals surface area contributed by atoms with Crippen molar-refractivity contribution in [2.24, 2.45) is 17.8 Å². The van der Waals surface area contributed by atoms with Crippen LogP contribution in [0, 0.1) is 0 Å². The molecule has 2 heterocycles. The molecule has 0 spiro atoms. The molecule has 7 heteroatoms. The van der Waals surface area contributed by atoms with Gasteiger partial charge in [-0.25, -0.2) is 0 Å². The lowest BCUT2D eigenvalue weighted by Gasteiger charge is -2.36. The van der Waals surface area contributed by atoms with Gasteiger partial charge in [0.2, 0.25) is 0 Å². The number of aromatic nitrogens is 2. The van der Waals surface area contributed by atoms with Gasteiger partial charge in [-0.3, -0.25) is 9.67 Å². The molecule has 0 saturated carbocycles. The molecular formula is C18H25ClN6. The molecule has 2 N–H and O–H groups in total. The normalized spacial score (nSPS) is 15.7. The predicted octanol–water partition coefficient (Wildman–Crippen LogP) is 2.14. The van der Waals surface area contributed by atoms with Crippen molar-refractivity contribution in [1.82, 2.24) is 14.7 Å². The van der Waals surface area contributed by atoms with Crippen LogP contribution in [0.1, 0.15) is 12.0 Å². The highest BCUT2D eigenvalue weighted by atomic mass is 35.5. The Kier molecular flexibility index (Phi) is 5.81. The maximum absolute atomic E-state index is 6.16. The third-order valence-corrected chi connectivity index (χ3v) is 4.70. The molecule has 0 atom stereocenters. The molecule has 134 valence electrons. The van der Waals surface area contributed by atoms with E-state index in [9.17, 15) is 0 Å². The second-order valence-electron chi connectivity index (χ2n) is 6.32. The monoisotopic (exact) mass is 360 g/mol. The molecule has 1 aromatic carbocycles. The number of guanidine groups is 1. The number of nitrogens with two attached hydrogens (primary N) is 1. The van der Waals surface area contributed by atoms with Crippen LogP contribution in [0.5, 0.6) is 0 Å². The number of nitrogens with zero attached hydrogens (tertiary/aromatic N) is 5. The summed E-state index contributed by atoms with van der Waals surface area (Å²) < 4.78 is 1.83. The Balaban J connectivity index is 1.42. The largest absolute Gasteiger partial charge is 0.370 e. The SMILES string of the molecule is Cn1cc(CCCN=C(N)N2CCN(c3ccc(Cl)cc3)CC2)cn1. The van der Waals surface area contributed by atoms with Crippen LogP contribution in [0.2, 0.25) is 5.02 Å². The average molecular weight is 361 g/mol. The van der Waals surface area contributed by atoms with Gasteiger partial charge in [0.15, 0.2) is 5.96 Å². The number of aliphatic imine (C=N–C) groups is 1. The summed E-state index contributed by atoms with van der Waals surface area (Å²) in [5, 5.41) is 4.95. The molecule has 1 aliphatic rings. The second-order valence-corrected chi connectivity index (χ2v) is 6.75. The minimum absolute atomic E-state index is 0.655. The van der Waals surface area contributed by atoms with Crippen molar-refractivity contribution in [3.63, 3.8) is 0 Å². The molecule has 25 heavy (non-hydrogen) atoms. The van der Waals surface area contributed by atoms with Gasteiger partial charge in [-0.15, -0.1) is 0 Å². The van der Waals surface area contributed by atoms with Gasteiger partial charge in [-0.05, 0) is 42.7 Å². The highest BCUT2D eigenvalue weighted by Gasteiger charge is 2.18. The summed E-state index contributed by atoms with van der Waals surface area (Å²) in [6.45, 7) is 4.40. The average Bonchev–Trinajstić information content (AvgIpc) is 3.05. The second kappa shape index (κ2) is 8.25. The molecule has 0 aliphatic carbocycles. The van der Waals surface area contributed by atoms with Crippen molar-refractivity contribution in [2.45, 2.75) is 12.8 Å². The predicted molar refractivity (Wildman–Crippen MR) is 103 cm³/mol. The van der Waals surface area contributed by atoms with Gasteiger partial charge in [0.1, 0.15) is 0 Å². The fourth-order valence-corrected chi connectivity index (χ4v) is 3.15. The molecule has 2 aromatic rings. The van der Waals surface area contributed by atoms with Crippen molar-refractivity contribution in [1.29, 1.82) is 0 Å². The van der Waals surface area contributed by atoms with E-state index in [-0.39, 0.29) is 0 Å². The van der Waals surface area contributed by atoms with Gasteiger partial charge < -0.3 is 15.5 Å². The Morgan fingerprint density at radius 3 is 2.56 bits per heavy atom. The lowest BCUT2D eigenvalue weighted by molar-refractivity contribution is 0.380. The van der Waals surface area contributed by atoms with E-state index in [0.717, 1.165) is 50.6 Å². The number of benzene rings is 1. The molecule has 6 nitrogen and oxygen atoms in total. The standard InChI is InChI=1S/C18H25ClN6/c1-23-14-15(13-22-23)3-2-8-21-18(20)25-11-9-24(10-12-25)17-6-4-16(19)5-7-17/h4-7,13-14H,2-3,8-12H2,1H3,(H2,20,21). The molecule has 1 aromatic heterocycles. The number of halogens is 1. The van der Waals surface area contributed by atoms with E-state index in [0.29, 0.717) is 5.96 Å². The molecule has 0 unspecified atom stereocenters. The molecule has 1 aliphatic heterocycles. The van der Waals surface area contributed by atoms with Crippen molar-refractivity contribution in [3.8, 4) is 0 Å². The summed E-state index contributed by atoms with van der Waals surface area (Å²) in [4.78, 5) is 9.05. The number of rotatable bonds is 5. The minimum Gasteiger partial charge on any atom is -0.370 e. The number of hydrogen-bond acceptors (Lipinski definition) is 3. The summed E-state index contributed by atoms with van der Waals surface area (Å²) in [7, 11) is 1.93. The van der Waals surface area contributed by atoms with Gasteiger partial charge in [0.25, 0.3) is 0 Å². The highest BCUT2D eigenvalue weighted by Crippen LogP contribution is 2.19. The fraction of sp³-hybridized carbons (Fsp3) is 0.444. The topological polar surface area (TPSA) is 62.7 Å². The van der Waals surface area contributed by atoms with E-state index in [2.05, 4.69) is 32.0 Å². The maximum Gasteiger partial charge on any atom is 0.191 e. The molecule has 1 fully saturated rings. The molecule has 0 bridgehead atoms. The van der Waals surface area contributed by atoms with E-state index >= 15 is 0 Å². The van der Waals surface area contributed by atoms with Gasteiger partial charge >= 0.3 is 0 Å². The third-order valence-electron chi connectivity index (χ3n) is 4.45. The van der Waals surface area contributed by atoms with Crippen molar-refractivity contribution >= 4 is 23.2 Å². The van der Waals surface area contributed by atoms with Crippen LogP contribution in [0.4, 0.5) is 5.69 Å². The van der Waals surface area contributed by atoms with Crippen LogP contribution in [0.3, 0.4) is 0 Å². The molecule has 0 radical (unpaired) electrons. The Bertz CT molecular complexity index is 701. The van der Waals surface area contributed by atoms with Crippen molar-refractivity contribution < 1.29 is 0 Å². The first-order valence-electron chi connectivity index (χ1n) is 8.65. The highest BCUT2D eigenvalue weighted by molar-refractivity contribution is 6.30. The van der Waals surface area contributed by atoms with Gasteiger partial charge in [-0.1, -0.05) is 11.6 Å². The lowest BCUT2D eigenvalue weighted by atomic mass is 10.2. The van der Waals surface area contributed by atoms with Crippen molar-refractivity contribution in [2.75, 3.05) is 37.6 Å². The summed E-state index contributed by atoms with van der Waals surface area (Å²) in [5.41, 5.74) is 8.61. The van der Waals surface area contributed by atoms with Gasteiger partial charge in [-0.2, -0.15) is 5.10 Å². The first kappa shape index (κ1) is 17.6. The van der Waals surface area contributed by atoms with E-state index < -0.39 is 0 Å². The number of aryl methyl sites for hydroxylation is 2. The summed E-state index contributed by atoms with van der Waals surface area (Å²) >= 11 is 5.95. The number of piperazine rings is 1. The first-order valence-corrected chi connectivity index (χ1v) is 9.02. The van der Waals surface area contributed by atoms with Crippen LogP contribution >= 0.6 is 11.6 Å². The van der Waals surface area contributed by atoms with E-state index in [4.69, 9.17) is 17.3 Å². The van der Waals surface area contributed by atoms with Crippen LogP contribution in [-0.2, 0) is 13.5 Å². The van der Waals surface area contributed by atoms with E-state index in [1.165, 1.54) is 11.3 Å². The quantitative estimate of drug-likeness (QED) is 0.504. The van der Waals surface area contributed by atoms with Crippen LogP contribution < -0.4 is 10.6 Å². The fourth-order valence-electron chi connectivity index (χ4n) is 3.02. The number of anilines is 1. The zero-order valence-electron chi connectivity index (χ0n) is 14.6. The zero-order valence-corrected chi connectivity index (χ0v) is 15.4. The summed E-state index contributed by atoms with van der Waals surface area (Å²) in [6.07, 6.45) is 5.91. The van der Waals surface area contributed by atoms with E-state index in [1.807, 2.05) is 36.3 Å². The third kappa shape index (κ3) is 4.89. The molecule has 1 saturated heterocycles. The van der Waals surface area contributed by atoms with Gasteiger partial charge in [0, 0.05) is 56.7 Å². The van der Waals surface area contributed by atoms with Crippen LogP contribution in [0.25, 0.3) is 0 Å². The zero-order chi connectivity index (χ0) is 17.6. The number of hydrogen-bond donors (Lipinski definition) is 1. The van der Waals surface area contributed by atoms with Crippen molar-refractivity contribution in [3.05, 3.63) is 47.2 Å². The Morgan fingerprint density at radius 2 is 1.92 bits per heavy atom. The van der Waals surface area contributed by atoms with E-state index in [1.54, 1.807) is 0 Å². The minimum atomic E-state index is 0.655. The molecular weight excluding hydrogens is 336 g/mol. The Hall–Kier alpha value is -2.21. The maximum atomic E-state index is 6.16. The Morgan fingerprint density at radius 1 is 1.20 bits per heavy atom. The summed E-state index contributed by atoms with van der Waals surface area (Å²) in [6, 6.07) is 7.99. The Labute approximate surface area is 153 Å². The lowest BCUT2D eigenvalue weighted by Crippen LogP contribution is -2.51. The molecule has 3 rings (SSSR count). The first-order chi connectivity index (χ1) is 12.1. The molecule has 0 amide bonds. The smallest absolute Gasteiger partial charge is 0.191 e. The van der Waals surface area contributed by atoms with Crippen LogP contribution in [0.15, 0.2) is 41.7 Å².